The minimum absolute atomic E-state index is 0.000912. The van der Waals surface area contributed by atoms with Crippen LogP contribution in [0.3, 0.4) is 0 Å². The van der Waals surface area contributed by atoms with E-state index in [1.54, 1.807) is 6.08 Å². The van der Waals surface area contributed by atoms with Crippen molar-refractivity contribution in [2.24, 2.45) is 0 Å². The smallest absolute Gasteiger partial charge is 0.462 e. The molecule has 1 fully saturated rings. The first-order valence-electron chi connectivity index (χ1n) is 24.8. The Balaban J connectivity index is 1.83. The number of nitrogens with zero attached hydrogens (tertiary/aromatic N) is 2. The molecule has 0 spiro atoms. The highest BCUT2D eigenvalue weighted by molar-refractivity contribution is 7.61. The molecule has 8 atom stereocenters. The summed E-state index contributed by atoms with van der Waals surface area (Å²) in [6, 6.07) is 1.24. The van der Waals surface area contributed by atoms with E-state index < -0.39 is 89.8 Å². The molecule has 0 amide bonds. The number of esters is 2. The van der Waals surface area contributed by atoms with Gasteiger partial charge in [-0.05, 0) is 70.3 Å². The number of carbonyl (C=O) groups excluding carboxylic acids is 2. The van der Waals surface area contributed by atoms with E-state index in [1.807, 2.05) is 37.3 Å². The van der Waals surface area contributed by atoms with Crippen LogP contribution in [0.15, 0.2) is 65.7 Å². The van der Waals surface area contributed by atoms with Gasteiger partial charge in [0, 0.05) is 19.0 Å². The molecule has 0 saturated carbocycles. The monoisotopic (exact) mass is 1020 g/mol. The number of allylic oxidation sites excluding steroid dienone is 6. The molecule has 0 aromatic carbocycles. The van der Waals surface area contributed by atoms with Crippen LogP contribution in [0.1, 0.15) is 168 Å². The molecule has 0 radical (unpaired) electrons. The third-order valence-electron chi connectivity index (χ3n) is 11.0. The molecule has 3 unspecified atom stereocenters. The van der Waals surface area contributed by atoms with E-state index in [-0.39, 0.29) is 18.7 Å². The number of hydrogen-bond acceptors (Lipinski definition) is 16. The molecule has 1 aromatic heterocycles. The Bertz CT molecular complexity index is 1860. The molecule has 2 heterocycles. The minimum atomic E-state index is -5.44. The van der Waals surface area contributed by atoms with E-state index in [1.165, 1.54) is 44.6 Å². The first-order valence-corrected chi connectivity index (χ1v) is 27.7. The third kappa shape index (κ3) is 29.6. The average molecular weight is 1020 g/mol. The van der Waals surface area contributed by atoms with Gasteiger partial charge in [0.05, 0.1) is 19.3 Å². The second-order valence-corrected chi connectivity index (χ2v) is 20.2. The molecule has 1 saturated heterocycles. The van der Waals surface area contributed by atoms with Crippen molar-refractivity contribution in [2.45, 2.75) is 198 Å². The maximum absolute atomic E-state index is 12.8. The van der Waals surface area contributed by atoms with Gasteiger partial charge < -0.3 is 45.1 Å². The Kier molecular flexibility index (Phi) is 32.8. The third-order valence-corrected chi connectivity index (χ3v) is 13.6. The molecular formula is C48H81N3O16P2. The van der Waals surface area contributed by atoms with Gasteiger partial charge in [-0.1, -0.05) is 133 Å². The van der Waals surface area contributed by atoms with Crippen molar-refractivity contribution in [3.63, 3.8) is 0 Å². The molecule has 1 aliphatic heterocycles. The van der Waals surface area contributed by atoms with Crippen molar-refractivity contribution in [2.75, 3.05) is 25.6 Å². The summed E-state index contributed by atoms with van der Waals surface area (Å²) in [4.78, 5) is 61.8. The number of aliphatic hydroxyl groups excluding tert-OH is 3. The van der Waals surface area contributed by atoms with Crippen LogP contribution < -0.4 is 11.4 Å². The zero-order chi connectivity index (χ0) is 50.8. The maximum Gasteiger partial charge on any atom is 0.481 e. The van der Waals surface area contributed by atoms with Gasteiger partial charge >= 0.3 is 33.3 Å². The van der Waals surface area contributed by atoms with Crippen molar-refractivity contribution < 1.29 is 71.4 Å². The van der Waals surface area contributed by atoms with Crippen LogP contribution in [0.5, 0.6) is 0 Å². The van der Waals surface area contributed by atoms with Crippen molar-refractivity contribution >= 4 is 33.4 Å². The lowest BCUT2D eigenvalue weighted by Crippen LogP contribution is -2.36. The summed E-state index contributed by atoms with van der Waals surface area (Å²) in [5.41, 5.74) is 4.58. The van der Waals surface area contributed by atoms with E-state index >= 15 is 0 Å². The molecule has 19 nitrogen and oxygen atoms in total. The van der Waals surface area contributed by atoms with Gasteiger partial charge in [-0.15, -0.1) is 0 Å². The van der Waals surface area contributed by atoms with Gasteiger partial charge in [0.2, 0.25) is 0 Å². The number of carbonyl (C=O) groups is 2. The molecular weight excluding hydrogens is 936 g/mol. The maximum atomic E-state index is 12.8. The number of phosphoric ester groups is 2. The van der Waals surface area contributed by atoms with Gasteiger partial charge in [-0.3, -0.25) is 23.2 Å². The van der Waals surface area contributed by atoms with E-state index in [0.717, 1.165) is 87.8 Å². The fraction of sp³-hybridized carbons (Fsp3) is 0.708. The summed E-state index contributed by atoms with van der Waals surface area (Å²) >= 11 is 0. The largest absolute Gasteiger partial charge is 0.481 e. The van der Waals surface area contributed by atoms with Crippen LogP contribution in [0, 0.1) is 0 Å². The number of aromatic nitrogens is 2. The summed E-state index contributed by atoms with van der Waals surface area (Å²) in [5.74, 6) is -1.37. The summed E-state index contributed by atoms with van der Waals surface area (Å²) in [6.45, 7) is 1.89. The number of rotatable bonds is 40. The van der Waals surface area contributed by atoms with Crippen LogP contribution in [0.25, 0.3) is 0 Å². The van der Waals surface area contributed by atoms with Crippen molar-refractivity contribution in [1.82, 2.24) is 9.55 Å². The van der Waals surface area contributed by atoms with Gasteiger partial charge in [-0.2, -0.15) is 9.29 Å². The number of unbranched alkanes of at least 4 members (excludes halogenated alkanes) is 16. The molecule has 7 N–H and O–H groups in total. The number of phosphoric acid groups is 2. The summed E-state index contributed by atoms with van der Waals surface area (Å²) < 4.78 is 56.7. The van der Waals surface area contributed by atoms with Gasteiger partial charge in [0.25, 0.3) is 0 Å². The first kappa shape index (κ1) is 61.8. The summed E-state index contributed by atoms with van der Waals surface area (Å²) in [5, 5.41) is 30.8. The number of anilines is 1. The molecule has 69 heavy (non-hydrogen) atoms. The Labute approximate surface area is 408 Å². The fourth-order valence-corrected chi connectivity index (χ4v) is 9.22. The lowest BCUT2D eigenvalue weighted by atomic mass is 10.1. The zero-order valence-electron chi connectivity index (χ0n) is 40.7. The number of nitrogen functional groups attached to an aromatic ring is 1. The van der Waals surface area contributed by atoms with E-state index in [4.69, 9.17) is 29.0 Å². The Morgan fingerprint density at radius 1 is 0.768 bits per heavy atom. The molecule has 0 bridgehead atoms. The highest BCUT2D eigenvalue weighted by atomic mass is 31.3. The highest BCUT2D eigenvalue weighted by Crippen LogP contribution is 2.60. The van der Waals surface area contributed by atoms with Crippen molar-refractivity contribution in [3.05, 3.63) is 71.4 Å². The van der Waals surface area contributed by atoms with E-state index in [2.05, 4.69) is 28.4 Å². The van der Waals surface area contributed by atoms with Crippen LogP contribution in [0.4, 0.5) is 5.82 Å². The first-order chi connectivity index (χ1) is 33.1. The standard InChI is InChI=1S/C48H81N3O16P2/c1-3-5-7-8-9-10-11-12-13-14-15-18-21-24-28-32-43(53)62-36-40(65-44(54)33-29-25-22-19-16-17-20-23-27-31-39(52)30-26-6-4-2)37-63-68(58,59)67-69(60,61)64-38-41-45(55)46(56)47(66-41)51-35-34-42(49)50-48(51)57/h6,12-13,20,23,26-27,31,34-35,39-41,45-47,52,55-56H,3-5,7-11,14-19,21-22,24-25,28-30,32-33,36-38H2,1-2H3,(H,58,59)(H,60,61)(H2,49,50,57)/b13-12-,23-20+,26-6+,31-27+/t39?,40-,41-,45-,46-,47-/m1/s1. The number of ether oxygens (including phenoxy) is 3. The lowest BCUT2D eigenvalue weighted by molar-refractivity contribution is -0.161. The molecule has 0 aliphatic carbocycles. The second-order valence-electron chi connectivity index (χ2n) is 17.1. The topological polar surface area (TPSA) is 286 Å². The summed E-state index contributed by atoms with van der Waals surface area (Å²) in [7, 11) is -10.9. The fourth-order valence-electron chi connectivity index (χ4n) is 7.11. The van der Waals surface area contributed by atoms with Crippen LogP contribution >= 0.6 is 15.6 Å². The van der Waals surface area contributed by atoms with Crippen LogP contribution in [-0.2, 0) is 46.3 Å². The molecule has 1 aromatic rings. The molecule has 394 valence electrons. The molecule has 2 rings (SSSR count). The predicted molar refractivity (Wildman–Crippen MR) is 262 cm³/mol. The number of aliphatic hydroxyl groups is 3. The highest BCUT2D eigenvalue weighted by Gasteiger charge is 2.46. The average Bonchev–Trinajstić information content (AvgIpc) is 3.58. The quantitative estimate of drug-likeness (QED) is 0.0118. The van der Waals surface area contributed by atoms with Gasteiger partial charge in [0.15, 0.2) is 12.3 Å². The zero-order valence-corrected chi connectivity index (χ0v) is 42.5. The van der Waals surface area contributed by atoms with Gasteiger partial charge in [-0.25, -0.2) is 13.9 Å². The molecule has 1 aliphatic rings. The van der Waals surface area contributed by atoms with E-state index in [0.29, 0.717) is 19.3 Å². The second kappa shape index (κ2) is 36.6. The minimum Gasteiger partial charge on any atom is -0.462 e. The molecule has 21 heteroatoms. The van der Waals surface area contributed by atoms with Crippen LogP contribution in [0.2, 0.25) is 0 Å². The van der Waals surface area contributed by atoms with Crippen LogP contribution in [-0.4, -0.2) is 96.9 Å². The van der Waals surface area contributed by atoms with Gasteiger partial charge in [0.1, 0.15) is 30.7 Å². The number of nitrogens with two attached hydrogens (primary N) is 1. The summed E-state index contributed by atoms with van der Waals surface area (Å²) in [6.07, 6.45) is 29.5. The normalized spacial score (nSPS) is 20.2. The lowest BCUT2D eigenvalue weighted by Gasteiger charge is -2.21. The SMILES string of the molecule is CC/C=C/CC(O)/C=C/C=C/CCCCCCCC(=O)O[C@H](COC(=O)CCCCCCC/C=C\CCCCCCCC)COP(=O)(O)OP(=O)(O)OC[C@H]1O[C@@H](n2ccc(N)nc2=O)[C@H](O)[C@@H]1O. The predicted octanol–water partition coefficient (Wildman–Crippen LogP) is 8.75. The Morgan fingerprint density at radius 2 is 1.35 bits per heavy atom. The van der Waals surface area contributed by atoms with Crippen molar-refractivity contribution in [3.8, 4) is 0 Å². The van der Waals surface area contributed by atoms with Crippen molar-refractivity contribution in [1.29, 1.82) is 0 Å². The number of hydrogen-bond donors (Lipinski definition) is 6. The Morgan fingerprint density at radius 3 is 1.97 bits per heavy atom. The Hall–Kier alpha value is -3.32. The van der Waals surface area contributed by atoms with E-state index in [9.17, 15) is 48.6 Å².